The standard InChI is InChI=1S/C19H30BNO5/c1-12-14(20-25-17(5,6)18(7,8)26-20)15(24-21-12)19(9-10-19)11-13(22)23-16(2,3)4/h9-11H2,1-8H3. The van der Waals surface area contributed by atoms with Crippen molar-refractivity contribution in [1.29, 1.82) is 0 Å². The SMILES string of the molecule is Cc1noc(C2(CC(=O)OC(C)(C)C)CC2)c1B1OC(C)(C)C(C)(C)O1. The van der Waals surface area contributed by atoms with Gasteiger partial charge in [0.2, 0.25) is 0 Å². The van der Waals surface area contributed by atoms with Crippen LogP contribution < -0.4 is 5.46 Å². The minimum atomic E-state index is -0.544. The first-order chi connectivity index (χ1) is 11.8. The van der Waals surface area contributed by atoms with Crippen LogP contribution in [0.2, 0.25) is 0 Å². The molecule has 0 unspecified atom stereocenters. The zero-order chi connectivity index (χ0) is 19.5. The second-order valence-electron chi connectivity index (χ2n) is 9.64. The van der Waals surface area contributed by atoms with Crippen LogP contribution in [0.3, 0.4) is 0 Å². The van der Waals surface area contributed by atoms with Gasteiger partial charge in [0.25, 0.3) is 0 Å². The van der Waals surface area contributed by atoms with E-state index >= 15 is 0 Å². The van der Waals surface area contributed by atoms with Gasteiger partial charge in [0, 0.05) is 10.9 Å². The molecule has 1 saturated carbocycles. The van der Waals surface area contributed by atoms with E-state index in [9.17, 15) is 4.79 Å². The minimum Gasteiger partial charge on any atom is -0.460 e. The van der Waals surface area contributed by atoms with Gasteiger partial charge in [-0.05, 0) is 68.2 Å². The number of carbonyl (C=O) groups excluding carboxylic acids is 1. The summed E-state index contributed by atoms with van der Waals surface area (Å²) in [4.78, 5) is 12.4. The molecule has 0 atom stereocenters. The van der Waals surface area contributed by atoms with E-state index in [0.717, 1.165) is 24.0 Å². The molecule has 0 radical (unpaired) electrons. The maximum Gasteiger partial charge on any atom is 0.500 e. The molecule has 2 heterocycles. The smallest absolute Gasteiger partial charge is 0.460 e. The first kappa shape index (κ1) is 19.4. The third kappa shape index (κ3) is 3.43. The third-order valence-corrected chi connectivity index (χ3v) is 5.64. The van der Waals surface area contributed by atoms with E-state index in [0.29, 0.717) is 5.76 Å². The van der Waals surface area contributed by atoms with Crippen molar-refractivity contribution in [3.63, 3.8) is 0 Å². The van der Waals surface area contributed by atoms with Gasteiger partial charge < -0.3 is 18.6 Å². The number of rotatable bonds is 4. The molecule has 0 N–H and O–H groups in total. The molecule has 0 aromatic carbocycles. The Hall–Kier alpha value is -1.34. The average Bonchev–Trinajstić information content (AvgIpc) is 3.02. The lowest BCUT2D eigenvalue weighted by atomic mass is 9.74. The molecule has 1 aliphatic carbocycles. The molecule has 0 spiro atoms. The number of ether oxygens (including phenoxy) is 1. The van der Waals surface area contributed by atoms with Gasteiger partial charge in [-0.2, -0.15) is 0 Å². The number of aromatic nitrogens is 1. The lowest BCUT2D eigenvalue weighted by molar-refractivity contribution is -0.155. The number of hydrogen-bond donors (Lipinski definition) is 0. The Bertz CT molecular complexity index is 696. The number of hydrogen-bond acceptors (Lipinski definition) is 6. The normalized spacial score (nSPS) is 23.2. The van der Waals surface area contributed by atoms with Gasteiger partial charge in [0.15, 0.2) is 0 Å². The van der Waals surface area contributed by atoms with Gasteiger partial charge in [-0.3, -0.25) is 4.79 Å². The topological polar surface area (TPSA) is 70.8 Å². The van der Waals surface area contributed by atoms with Crippen molar-refractivity contribution in [3.8, 4) is 0 Å². The second-order valence-corrected chi connectivity index (χ2v) is 9.64. The fourth-order valence-corrected chi connectivity index (χ4v) is 3.29. The summed E-state index contributed by atoms with van der Waals surface area (Å²) >= 11 is 0. The number of nitrogens with zero attached hydrogens (tertiary/aromatic N) is 1. The van der Waals surface area contributed by atoms with Crippen molar-refractivity contribution >= 4 is 18.6 Å². The van der Waals surface area contributed by atoms with E-state index < -0.39 is 23.9 Å². The van der Waals surface area contributed by atoms with Crippen molar-refractivity contribution in [3.05, 3.63) is 11.5 Å². The van der Waals surface area contributed by atoms with Crippen LogP contribution in [0, 0.1) is 6.92 Å². The van der Waals surface area contributed by atoms with E-state index in [1.54, 1.807) is 0 Å². The molecule has 1 aliphatic heterocycles. The molecule has 144 valence electrons. The molecular formula is C19H30BNO5. The summed E-state index contributed by atoms with van der Waals surface area (Å²) in [7, 11) is -0.544. The van der Waals surface area contributed by atoms with Crippen LogP contribution in [-0.4, -0.2) is 35.0 Å². The minimum absolute atomic E-state index is 0.219. The predicted molar refractivity (Wildman–Crippen MR) is 98.3 cm³/mol. The molecule has 3 rings (SSSR count). The molecule has 0 bridgehead atoms. The second kappa shape index (κ2) is 5.83. The van der Waals surface area contributed by atoms with Gasteiger partial charge in [0.1, 0.15) is 11.4 Å². The summed E-state index contributed by atoms with van der Waals surface area (Å²) in [5.74, 6) is 0.489. The van der Waals surface area contributed by atoms with Crippen LogP contribution in [0.4, 0.5) is 0 Å². The molecule has 1 aromatic heterocycles. The molecule has 1 aromatic rings. The Morgan fingerprint density at radius 2 is 1.69 bits per heavy atom. The lowest BCUT2D eigenvalue weighted by Crippen LogP contribution is -2.41. The molecule has 0 amide bonds. The molecule has 2 aliphatic rings. The van der Waals surface area contributed by atoms with Crippen molar-refractivity contribution in [2.45, 2.75) is 96.9 Å². The predicted octanol–water partition coefficient (Wildman–Crippen LogP) is 3.05. The quantitative estimate of drug-likeness (QED) is 0.605. The Kier molecular flexibility index (Phi) is 4.36. The van der Waals surface area contributed by atoms with E-state index in [1.807, 2.05) is 55.4 Å². The number of aryl methyl sites for hydroxylation is 1. The van der Waals surface area contributed by atoms with Gasteiger partial charge in [-0.25, -0.2) is 0 Å². The maximum absolute atomic E-state index is 12.4. The fraction of sp³-hybridized carbons (Fsp3) is 0.789. The maximum atomic E-state index is 12.4. The number of esters is 1. The van der Waals surface area contributed by atoms with Gasteiger partial charge in [-0.15, -0.1) is 0 Å². The first-order valence-electron chi connectivity index (χ1n) is 9.31. The van der Waals surface area contributed by atoms with Crippen LogP contribution in [0.15, 0.2) is 4.52 Å². The fourth-order valence-electron chi connectivity index (χ4n) is 3.29. The molecule has 26 heavy (non-hydrogen) atoms. The highest BCUT2D eigenvalue weighted by atomic mass is 16.7. The summed E-state index contributed by atoms with van der Waals surface area (Å²) in [5.41, 5.74) is -0.179. The Balaban J connectivity index is 1.86. The van der Waals surface area contributed by atoms with Crippen LogP contribution >= 0.6 is 0 Å². The van der Waals surface area contributed by atoms with Crippen LogP contribution in [0.1, 0.15) is 79.2 Å². The summed E-state index contributed by atoms with van der Waals surface area (Å²) in [6.45, 7) is 15.6. The Labute approximate surface area is 156 Å². The summed E-state index contributed by atoms with van der Waals surface area (Å²) in [5, 5.41) is 4.16. The molecule has 7 heteroatoms. The van der Waals surface area contributed by atoms with E-state index in [2.05, 4.69) is 5.16 Å². The highest BCUT2D eigenvalue weighted by Gasteiger charge is 2.58. The first-order valence-corrected chi connectivity index (χ1v) is 9.31. The number of carbonyl (C=O) groups is 1. The summed E-state index contributed by atoms with van der Waals surface area (Å²) in [6.07, 6.45) is 2.02. The largest absolute Gasteiger partial charge is 0.500 e. The highest BCUT2D eigenvalue weighted by molar-refractivity contribution is 6.63. The van der Waals surface area contributed by atoms with Crippen LogP contribution in [-0.2, 0) is 24.3 Å². The summed E-state index contributed by atoms with van der Waals surface area (Å²) in [6, 6.07) is 0. The van der Waals surface area contributed by atoms with Gasteiger partial charge in [-0.1, -0.05) is 5.16 Å². The molecular weight excluding hydrogens is 333 g/mol. The molecule has 6 nitrogen and oxygen atoms in total. The molecule has 1 saturated heterocycles. The van der Waals surface area contributed by atoms with Crippen molar-refractivity contribution in [1.82, 2.24) is 5.16 Å². The van der Waals surface area contributed by atoms with Crippen molar-refractivity contribution in [2.75, 3.05) is 0 Å². The lowest BCUT2D eigenvalue weighted by Gasteiger charge is -2.32. The van der Waals surface area contributed by atoms with Crippen LogP contribution in [0.5, 0.6) is 0 Å². The van der Waals surface area contributed by atoms with E-state index in [1.165, 1.54) is 0 Å². The van der Waals surface area contributed by atoms with Crippen LogP contribution in [0.25, 0.3) is 0 Å². The van der Waals surface area contributed by atoms with Crippen molar-refractivity contribution < 1.29 is 23.4 Å². The summed E-state index contributed by atoms with van der Waals surface area (Å²) < 4.78 is 23.6. The van der Waals surface area contributed by atoms with Gasteiger partial charge >= 0.3 is 13.1 Å². The average molecular weight is 363 g/mol. The third-order valence-electron chi connectivity index (χ3n) is 5.64. The Morgan fingerprint density at radius 3 is 2.15 bits per heavy atom. The van der Waals surface area contributed by atoms with Gasteiger partial charge in [0.05, 0.1) is 23.3 Å². The Morgan fingerprint density at radius 1 is 1.15 bits per heavy atom. The molecule has 2 fully saturated rings. The zero-order valence-electron chi connectivity index (χ0n) is 17.2. The van der Waals surface area contributed by atoms with E-state index in [-0.39, 0.29) is 17.8 Å². The van der Waals surface area contributed by atoms with E-state index in [4.69, 9.17) is 18.6 Å². The highest BCUT2D eigenvalue weighted by Crippen LogP contribution is 2.51. The van der Waals surface area contributed by atoms with Crippen molar-refractivity contribution in [2.24, 2.45) is 0 Å². The monoisotopic (exact) mass is 363 g/mol. The zero-order valence-corrected chi connectivity index (χ0v) is 17.2.